The Morgan fingerprint density at radius 1 is 1.25 bits per heavy atom. The van der Waals surface area contributed by atoms with Crippen molar-refractivity contribution in [2.24, 2.45) is 11.3 Å². The van der Waals surface area contributed by atoms with Gasteiger partial charge in [-0.15, -0.1) is 0 Å². The Balaban J connectivity index is 2.21. The van der Waals surface area contributed by atoms with Gasteiger partial charge in [-0.1, -0.05) is 19.9 Å². The maximum Gasteiger partial charge on any atom is 0.161 e. The van der Waals surface area contributed by atoms with E-state index in [0.29, 0.717) is 19.8 Å². The molecular formula is C12H17NO3. The van der Waals surface area contributed by atoms with Crippen molar-refractivity contribution >= 4 is 0 Å². The first-order valence-electron chi connectivity index (χ1n) is 5.31. The molecule has 0 radical (unpaired) electrons. The quantitative estimate of drug-likeness (QED) is 0.778. The van der Waals surface area contributed by atoms with Gasteiger partial charge in [-0.05, 0) is 17.7 Å². The minimum absolute atomic E-state index is 0.0313. The van der Waals surface area contributed by atoms with E-state index in [0.717, 1.165) is 17.1 Å². The molecule has 16 heavy (non-hydrogen) atoms. The van der Waals surface area contributed by atoms with Crippen LogP contribution in [0.2, 0.25) is 0 Å². The number of rotatable bonds is 2. The van der Waals surface area contributed by atoms with E-state index in [1.807, 2.05) is 18.2 Å². The number of fused-ring (bicyclic) bond motifs is 1. The molecule has 1 aromatic carbocycles. The average molecular weight is 223 g/mol. The second-order valence-corrected chi connectivity index (χ2v) is 4.83. The fourth-order valence-corrected chi connectivity index (χ4v) is 1.56. The van der Waals surface area contributed by atoms with Gasteiger partial charge < -0.3 is 9.47 Å². The minimum Gasteiger partial charge on any atom is -0.489 e. The van der Waals surface area contributed by atoms with Gasteiger partial charge in [0.2, 0.25) is 0 Å². The first kappa shape index (κ1) is 11.2. The van der Waals surface area contributed by atoms with Crippen molar-refractivity contribution in [1.82, 2.24) is 0 Å². The van der Waals surface area contributed by atoms with Crippen LogP contribution < -0.4 is 15.4 Å². The van der Waals surface area contributed by atoms with Crippen LogP contribution in [0.3, 0.4) is 0 Å². The largest absolute Gasteiger partial charge is 0.489 e. The van der Waals surface area contributed by atoms with Gasteiger partial charge in [0, 0.05) is 5.41 Å². The Bertz CT molecular complexity index is 377. The summed E-state index contributed by atoms with van der Waals surface area (Å²) in [6.45, 7) is 5.91. The van der Waals surface area contributed by atoms with Gasteiger partial charge in [-0.2, -0.15) is 0 Å². The SMILES string of the molecule is CC1(C)COc2ccc(CON)cc2OC1. The highest BCUT2D eigenvalue weighted by atomic mass is 16.6. The number of nitrogens with two attached hydrogens (primary N) is 1. The molecule has 0 amide bonds. The Kier molecular flexibility index (Phi) is 3.03. The molecule has 4 nitrogen and oxygen atoms in total. The van der Waals surface area contributed by atoms with E-state index in [4.69, 9.17) is 15.4 Å². The minimum atomic E-state index is 0.0313. The van der Waals surface area contributed by atoms with Crippen LogP contribution in [0.4, 0.5) is 0 Å². The summed E-state index contributed by atoms with van der Waals surface area (Å²) in [6, 6.07) is 5.72. The molecular weight excluding hydrogens is 206 g/mol. The van der Waals surface area contributed by atoms with Crippen LogP contribution >= 0.6 is 0 Å². The van der Waals surface area contributed by atoms with Crippen molar-refractivity contribution < 1.29 is 14.3 Å². The third-order valence-corrected chi connectivity index (χ3v) is 2.49. The van der Waals surface area contributed by atoms with E-state index in [1.54, 1.807) is 0 Å². The van der Waals surface area contributed by atoms with Gasteiger partial charge in [0.15, 0.2) is 11.5 Å². The van der Waals surface area contributed by atoms with Crippen molar-refractivity contribution in [1.29, 1.82) is 0 Å². The Labute approximate surface area is 95.2 Å². The molecule has 2 N–H and O–H groups in total. The number of hydrogen-bond donors (Lipinski definition) is 1. The van der Waals surface area contributed by atoms with E-state index in [9.17, 15) is 0 Å². The van der Waals surface area contributed by atoms with E-state index >= 15 is 0 Å². The summed E-state index contributed by atoms with van der Waals surface area (Å²) in [5.74, 6) is 6.59. The molecule has 88 valence electrons. The maximum absolute atomic E-state index is 5.73. The van der Waals surface area contributed by atoms with Crippen LogP contribution in [0.25, 0.3) is 0 Å². The monoisotopic (exact) mass is 223 g/mol. The summed E-state index contributed by atoms with van der Waals surface area (Å²) < 4.78 is 11.4. The molecule has 1 aliphatic heterocycles. The van der Waals surface area contributed by atoms with Gasteiger partial charge in [-0.25, -0.2) is 5.90 Å². The van der Waals surface area contributed by atoms with Gasteiger partial charge >= 0.3 is 0 Å². The molecule has 0 unspecified atom stereocenters. The highest BCUT2D eigenvalue weighted by Gasteiger charge is 2.25. The summed E-state index contributed by atoms with van der Waals surface area (Å²) in [7, 11) is 0. The van der Waals surface area contributed by atoms with Gasteiger partial charge in [0.25, 0.3) is 0 Å². The van der Waals surface area contributed by atoms with Gasteiger partial charge in [0.05, 0.1) is 19.8 Å². The second-order valence-electron chi connectivity index (χ2n) is 4.83. The fourth-order valence-electron chi connectivity index (χ4n) is 1.56. The van der Waals surface area contributed by atoms with Crippen LogP contribution in [0.1, 0.15) is 19.4 Å². The first-order valence-corrected chi connectivity index (χ1v) is 5.31. The summed E-state index contributed by atoms with van der Waals surface area (Å²) in [6.07, 6.45) is 0. The third kappa shape index (κ3) is 2.46. The normalized spacial score (nSPS) is 17.9. The summed E-state index contributed by atoms with van der Waals surface area (Å²) in [5, 5.41) is 0. The highest BCUT2D eigenvalue weighted by Crippen LogP contribution is 2.34. The maximum atomic E-state index is 5.73. The van der Waals surface area contributed by atoms with Crippen molar-refractivity contribution in [2.45, 2.75) is 20.5 Å². The molecule has 0 fully saturated rings. The molecule has 0 saturated heterocycles. The molecule has 0 aliphatic carbocycles. The molecule has 0 bridgehead atoms. The molecule has 1 aliphatic rings. The van der Waals surface area contributed by atoms with Crippen molar-refractivity contribution in [3.05, 3.63) is 23.8 Å². The third-order valence-electron chi connectivity index (χ3n) is 2.49. The topological polar surface area (TPSA) is 53.7 Å². The van der Waals surface area contributed by atoms with Crippen LogP contribution in [-0.4, -0.2) is 13.2 Å². The van der Waals surface area contributed by atoms with Crippen molar-refractivity contribution in [3.63, 3.8) is 0 Å². The molecule has 4 heteroatoms. The Morgan fingerprint density at radius 2 is 1.94 bits per heavy atom. The van der Waals surface area contributed by atoms with E-state index < -0.39 is 0 Å². The van der Waals surface area contributed by atoms with Crippen LogP contribution in [0.15, 0.2) is 18.2 Å². The Morgan fingerprint density at radius 3 is 2.62 bits per heavy atom. The van der Waals surface area contributed by atoms with Crippen LogP contribution in [-0.2, 0) is 11.4 Å². The van der Waals surface area contributed by atoms with Crippen molar-refractivity contribution in [3.8, 4) is 11.5 Å². The molecule has 1 aromatic rings. The van der Waals surface area contributed by atoms with E-state index in [-0.39, 0.29) is 5.41 Å². The molecule has 0 aromatic heterocycles. The average Bonchev–Trinajstić information content (AvgIpc) is 2.39. The molecule has 0 atom stereocenters. The number of ether oxygens (including phenoxy) is 2. The highest BCUT2D eigenvalue weighted by molar-refractivity contribution is 5.43. The van der Waals surface area contributed by atoms with Gasteiger partial charge in [0.1, 0.15) is 0 Å². The van der Waals surface area contributed by atoms with Gasteiger partial charge in [-0.3, -0.25) is 4.84 Å². The zero-order valence-corrected chi connectivity index (χ0v) is 9.66. The predicted octanol–water partition coefficient (Wildman–Crippen LogP) is 1.87. The van der Waals surface area contributed by atoms with E-state index in [2.05, 4.69) is 18.7 Å². The molecule has 2 rings (SSSR count). The summed E-state index contributed by atoms with van der Waals surface area (Å²) in [5.41, 5.74) is 1.01. The van der Waals surface area contributed by atoms with Crippen LogP contribution in [0, 0.1) is 5.41 Å². The first-order chi connectivity index (χ1) is 7.61. The smallest absolute Gasteiger partial charge is 0.161 e. The molecule has 0 spiro atoms. The fraction of sp³-hybridized carbons (Fsp3) is 0.500. The zero-order chi connectivity index (χ0) is 11.6. The lowest BCUT2D eigenvalue weighted by atomic mass is 9.97. The standard InChI is InChI=1S/C12H17NO3/c1-12(2)7-14-10-4-3-9(6-16-13)5-11(10)15-8-12/h3-5H,6-8,13H2,1-2H3. The lowest BCUT2D eigenvalue weighted by molar-refractivity contribution is 0.123. The number of benzene rings is 1. The molecule has 0 saturated carbocycles. The van der Waals surface area contributed by atoms with Crippen molar-refractivity contribution in [2.75, 3.05) is 13.2 Å². The lowest BCUT2D eigenvalue weighted by Gasteiger charge is -2.19. The second kappa shape index (κ2) is 4.31. The predicted molar refractivity (Wildman–Crippen MR) is 60.2 cm³/mol. The zero-order valence-electron chi connectivity index (χ0n) is 9.66. The summed E-state index contributed by atoms with van der Waals surface area (Å²) in [4.78, 5) is 4.59. The number of hydrogen-bond acceptors (Lipinski definition) is 4. The Hall–Kier alpha value is -1.26. The summed E-state index contributed by atoms with van der Waals surface area (Å²) >= 11 is 0. The van der Waals surface area contributed by atoms with E-state index in [1.165, 1.54) is 0 Å². The molecule has 1 heterocycles. The lowest BCUT2D eigenvalue weighted by Crippen LogP contribution is -2.26. The van der Waals surface area contributed by atoms with Crippen LogP contribution in [0.5, 0.6) is 11.5 Å².